The van der Waals surface area contributed by atoms with Gasteiger partial charge in [-0.25, -0.2) is 0 Å². The molecule has 1 aliphatic rings. The average molecular weight is 169 g/mol. The van der Waals surface area contributed by atoms with Crippen LogP contribution in [0.15, 0.2) is 24.3 Å². The van der Waals surface area contributed by atoms with Gasteiger partial charge in [-0.15, -0.1) is 0 Å². The number of hydrogen-bond donors (Lipinski definition) is 0. The van der Waals surface area contributed by atoms with Crippen LogP contribution in [0.3, 0.4) is 0 Å². The maximum Gasteiger partial charge on any atom is 0.0850 e. The van der Waals surface area contributed by atoms with Gasteiger partial charge in [0.15, 0.2) is 0 Å². The lowest BCUT2D eigenvalue weighted by atomic mass is 10.1. The zero-order valence-corrected chi connectivity index (χ0v) is 6.84. The lowest BCUT2D eigenvalue weighted by molar-refractivity contribution is 0.407. The van der Waals surface area contributed by atoms with E-state index >= 15 is 0 Å². The Bertz CT molecular complexity index is 255. The Hall–Kier alpha value is -0.530. The molecular formula is C9H9ClO. The first-order chi connectivity index (χ1) is 5.34. The lowest BCUT2D eigenvalue weighted by Gasteiger charge is -1.96. The molecule has 0 unspecified atom stereocenters. The number of halogens is 1. The van der Waals surface area contributed by atoms with Gasteiger partial charge in [0, 0.05) is 11.4 Å². The molecule has 0 N–H and O–H groups in total. The van der Waals surface area contributed by atoms with Crippen LogP contribution >= 0.6 is 11.6 Å². The van der Waals surface area contributed by atoms with E-state index in [0.29, 0.717) is 6.10 Å². The standard InChI is InChI=1S/C9H9ClO/c10-8-3-1-2-7(4-8)5-9-6-11-9/h1-4,9H,5-6H2/t9-/m0/s1. The largest absolute Gasteiger partial charge is 0.373 e. The van der Waals surface area contributed by atoms with Crippen molar-refractivity contribution in [2.75, 3.05) is 6.61 Å². The molecule has 0 aliphatic carbocycles. The molecule has 0 amide bonds. The molecule has 58 valence electrons. The SMILES string of the molecule is Clc1cccc(C[C@H]2CO2)c1. The molecule has 1 aromatic carbocycles. The molecule has 2 rings (SSSR count). The van der Waals surface area contributed by atoms with Crippen LogP contribution < -0.4 is 0 Å². The van der Waals surface area contributed by atoms with Crippen LogP contribution in [0.4, 0.5) is 0 Å². The van der Waals surface area contributed by atoms with E-state index in [1.165, 1.54) is 5.56 Å². The highest BCUT2D eigenvalue weighted by atomic mass is 35.5. The molecule has 2 heteroatoms. The van der Waals surface area contributed by atoms with Crippen molar-refractivity contribution in [3.8, 4) is 0 Å². The van der Waals surface area contributed by atoms with E-state index in [2.05, 4.69) is 6.07 Å². The molecule has 0 saturated carbocycles. The highest BCUT2D eigenvalue weighted by Gasteiger charge is 2.22. The zero-order chi connectivity index (χ0) is 7.68. The fourth-order valence-corrected chi connectivity index (χ4v) is 1.33. The minimum Gasteiger partial charge on any atom is -0.373 e. The van der Waals surface area contributed by atoms with Crippen LogP contribution in [-0.2, 0) is 11.2 Å². The van der Waals surface area contributed by atoms with Gasteiger partial charge in [-0.05, 0) is 17.7 Å². The summed E-state index contributed by atoms with van der Waals surface area (Å²) in [5.74, 6) is 0. The lowest BCUT2D eigenvalue weighted by Crippen LogP contribution is -1.91. The van der Waals surface area contributed by atoms with E-state index in [0.717, 1.165) is 18.1 Å². The maximum absolute atomic E-state index is 5.81. The van der Waals surface area contributed by atoms with Crippen LogP contribution in [0.5, 0.6) is 0 Å². The molecule has 1 atom stereocenters. The summed E-state index contributed by atoms with van der Waals surface area (Å²) in [5.41, 5.74) is 1.26. The maximum atomic E-state index is 5.81. The minimum absolute atomic E-state index is 0.452. The van der Waals surface area contributed by atoms with Crippen LogP contribution in [-0.4, -0.2) is 12.7 Å². The molecule has 0 radical (unpaired) electrons. The highest BCUT2D eigenvalue weighted by molar-refractivity contribution is 6.30. The summed E-state index contributed by atoms with van der Waals surface area (Å²) in [6, 6.07) is 7.93. The fraction of sp³-hybridized carbons (Fsp3) is 0.333. The number of benzene rings is 1. The van der Waals surface area contributed by atoms with Gasteiger partial charge in [0.05, 0.1) is 12.7 Å². The molecular weight excluding hydrogens is 160 g/mol. The number of ether oxygens (including phenoxy) is 1. The molecule has 0 aromatic heterocycles. The topological polar surface area (TPSA) is 12.5 Å². The van der Waals surface area contributed by atoms with Crippen molar-refractivity contribution >= 4 is 11.6 Å². The van der Waals surface area contributed by atoms with E-state index < -0.39 is 0 Å². The molecule has 0 spiro atoms. The van der Waals surface area contributed by atoms with Crippen LogP contribution in [0.25, 0.3) is 0 Å². The molecule has 1 aliphatic heterocycles. The summed E-state index contributed by atoms with van der Waals surface area (Å²) >= 11 is 5.81. The van der Waals surface area contributed by atoms with Crippen molar-refractivity contribution in [1.29, 1.82) is 0 Å². The predicted octanol–water partition coefficient (Wildman–Crippen LogP) is 2.28. The smallest absolute Gasteiger partial charge is 0.0850 e. The molecule has 1 fully saturated rings. The van der Waals surface area contributed by atoms with Crippen LogP contribution in [0.1, 0.15) is 5.56 Å². The Kier molecular flexibility index (Phi) is 1.84. The van der Waals surface area contributed by atoms with Gasteiger partial charge in [-0.2, -0.15) is 0 Å². The molecule has 1 nitrogen and oxygen atoms in total. The summed E-state index contributed by atoms with van der Waals surface area (Å²) in [6.07, 6.45) is 1.45. The van der Waals surface area contributed by atoms with Gasteiger partial charge in [-0.1, -0.05) is 23.7 Å². The number of epoxide rings is 1. The third-order valence-corrected chi connectivity index (χ3v) is 1.99. The number of hydrogen-bond acceptors (Lipinski definition) is 1. The number of rotatable bonds is 2. The third kappa shape index (κ3) is 1.95. The Morgan fingerprint density at radius 3 is 3.00 bits per heavy atom. The Balaban J connectivity index is 2.10. The van der Waals surface area contributed by atoms with E-state index in [1.807, 2.05) is 18.2 Å². The fourth-order valence-electron chi connectivity index (χ4n) is 1.11. The van der Waals surface area contributed by atoms with E-state index in [4.69, 9.17) is 16.3 Å². The third-order valence-electron chi connectivity index (χ3n) is 1.75. The Labute approximate surface area is 70.9 Å². The van der Waals surface area contributed by atoms with Crippen molar-refractivity contribution in [3.63, 3.8) is 0 Å². The average Bonchev–Trinajstić information content (AvgIpc) is 2.71. The summed E-state index contributed by atoms with van der Waals surface area (Å²) in [4.78, 5) is 0. The van der Waals surface area contributed by atoms with E-state index in [-0.39, 0.29) is 0 Å². The molecule has 11 heavy (non-hydrogen) atoms. The van der Waals surface area contributed by atoms with Gasteiger partial charge in [0.1, 0.15) is 0 Å². The first-order valence-electron chi connectivity index (χ1n) is 3.70. The summed E-state index contributed by atoms with van der Waals surface area (Å²) in [6.45, 7) is 0.909. The van der Waals surface area contributed by atoms with Crippen molar-refractivity contribution in [3.05, 3.63) is 34.9 Å². The van der Waals surface area contributed by atoms with Crippen molar-refractivity contribution in [2.45, 2.75) is 12.5 Å². The zero-order valence-electron chi connectivity index (χ0n) is 6.09. The van der Waals surface area contributed by atoms with Gasteiger partial charge in [-0.3, -0.25) is 0 Å². The molecule has 1 heterocycles. The normalized spacial score (nSPS) is 21.7. The summed E-state index contributed by atoms with van der Waals surface area (Å²) in [5, 5.41) is 0.808. The molecule has 0 bridgehead atoms. The van der Waals surface area contributed by atoms with Gasteiger partial charge in [0.2, 0.25) is 0 Å². The van der Waals surface area contributed by atoms with E-state index in [1.54, 1.807) is 0 Å². The molecule has 1 aromatic rings. The second-order valence-electron chi connectivity index (χ2n) is 2.79. The van der Waals surface area contributed by atoms with Crippen molar-refractivity contribution < 1.29 is 4.74 Å². The Morgan fingerprint density at radius 1 is 1.55 bits per heavy atom. The van der Waals surface area contributed by atoms with Gasteiger partial charge >= 0.3 is 0 Å². The first-order valence-corrected chi connectivity index (χ1v) is 4.08. The summed E-state index contributed by atoms with van der Waals surface area (Å²) in [7, 11) is 0. The second-order valence-corrected chi connectivity index (χ2v) is 3.23. The van der Waals surface area contributed by atoms with Gasteiger partial charge < -0.3 is 4.74 Å². The summed E-state index contributed by atoms with van der Waals surface area (Å²) < 4.78 is 5.11. The Morgan fingerprint density at radius 2 is 2.36 bits per heavy atom. The predicted molar refractivity (Wildman–Crippen MR) is 44.9 cm³/mol. The molecule has 1 saturated heterocycles. The van der Waals surface area contributed by atoms with E-state index in [9.17, 15) is 0 Å². The van der Waals surface area contributed by atoms with Crippen LogP contribution in [0.2, 0.25) is 5.02 Å². The second kappa shape index (κ2) is 2.84. The van der Waals surface area contributed by atoms with Crippen molar-refractivity contribution in [1.82, 2.24) is 0 Å². The highest BCUT2D eigenvalue weighted by Crippen LogP contribution is 2.18. The first kappa shape index (κ1) is 7.14. The minimum atomic E-state index is 0.452. The van der Waals surface area contributed by atoms with Crippen molar-refractivity contribution in [2.24, 2.45) is 0 Å². The quantitative estimate of drug-likeness (QED) is 0.618. The van der Waals surface area contributed by atoms with Crippen LogP contribution in [0, 0.1) is 0 Å². The van der Waals surface area contributed by atoms with Gasteiger partial charge in [0.25, 0.3) is 0 Å². The monoisotopic (exact) mass is 168 g/mol.